The van der Waals surface area contributed by atoms with Gasteiger partial charge >= 0.3 is 0 Å². The van der Waals surface area contributed by atoms with Crippen LogP contribution in [0.4, 0.5) is 23.3 Å². The smallest absolute Gasteiger partial charge is 0.223 e. The zero-order valence-corrected chi connectivity index (χ0v) is 10.3. The van der Waals surface area contributed by atoms with Crippen LogP contribution < -0.4 is 22.3 Å². The van der Waals surface area contributed by atoms with Gasteiger partial charge in [0.2, 0.25) is 5.95 Å². The Kier molecular flexibility index (Phi) is 3.28. The van der Waals surface area contributed by atoms with Crippen molar-refractivity contribution in [2.24, 2.45) is 12.9 Å². The Morgan fingerprint density at radius 2 is 2.06 bits per heavy atom. The maximum atomic E-state index is 5.59. The average molecular weight is 248 g/mol. The van der Waals surface area contributed by atoms with Crippen LogP contribution in [0.25, 0.3) is 0 Å². The van der Waals surface area contributed by atoms with Crippen LogP contribution in [0.5, 0.6) is 0 Å². The Morgan fingerprint density at radius 1 is 1.33 bits per heavy atom. The number of anilines is 4. The maximum absolute atomic E-state index is 5.59. The van der Waals surface area contributed by atoms with E-state index in [2.05, 4.69) is 25.8 Å². The summed E-state index contributed by atoms with van der Waals surface area (Å²) < 4.78 is 1.74. The molecule has 0 aliphatic carbocycles. The molecule has 0 saturated carbocycles. The Labute approximate surface area is 104 Å². The van der Waals surface area contributed by atoms with Crippen molar-refractivity contribution >= 4 is 23.3 Å². The molecular formula is C10H16N8. The fraction of sp³-hybridized carbons (Fsp3) is 0.300. The molecule has 2 aromatic heterocycles. The summed E-state index contributed by atoms with van der Waals surface area (Å²) in [5.74, 6) is 6.47. The Hall–Kier alpha value is -2.35. The van der Waals surface area contributed by atoms with Gasteiger partial charge in [-0.1, -0.05) is 6.92 Å². The van der Waals surface area contributed by atoms with E-state index in [1.807, 2.05) is 20.2 Å². The summed E-state index contributed by atoms with van der Waals surface area (Å²) >= 11 is 0. The van der Waals surface area contributed by atoms with E-state index >= 15 is 0 Å². The van der Waals surface area contributed by atoms with E-state index in [1.165, 1.54) is 0 Å². The molecule has 0 aliphatic rings. The Morgan fingerprint density at radius 3 is 2.72 bits per heavy atom. The monoisotopic (exact) mass is 248 g/mol. The molecule has 0 radical (unpaired) electrons. The molecule has 2 aromatic rings. The summed E-state index contributed by atoms with van der Waals surface area (Å²) in [6, 6.07) is 1.67. The van der Waals surface area contributed by atoms with Crippen molar-refractivity contribution in [1.29, 1.82) is 0 Å². The van der Waals surface area contributed by atoms with Crippen molar-refractivity contribution in [2.45, 2.75) is 13.3 Å². The van der Waals surface area contributed by atoms with E-state index in [9.17, 15) is 0 Å². The van der Waals surface area contributed by atoms with Gasteiger partial charge in [0.05, 0.1) is 11.4 Å². The number of rotatable bonds is 4. The van der Waals surface area contributed by atoms with Crippen LogP contribution in [0, 0.1) is 0 Å². The first-order chi connectivity index (χ1) is 8.62. The van der Waals surface area contributed by atoms with Crippen LogP contribution in [-0.2, 0) is 13.5 Å². The van der Waals surface area contributed by atoms with Crippen LogP contribution in [0.2, 0.25) is 0 Å². The van der Waals surface area contributed by atoms with E-state index in [4.69, 9.17) is 11.6 Å². The second kappa shape index (κ2) is 4.88. The van der Waals surface area contributed by atoms with Gasteiger partial charge in [-0.05, 0) is 6.42 Å². The standard InChI is InChI=1S/C10H16N8/c1-3-6-7(5-18(2)17-6)13-8-4-9(16-12)15-10(11)14-8/h4-5H,3,12H2,1-2H3,(H4,11,13,14,15,16). The van der Waals surface area contributed by atoms with E-state index in [-0.39, 0.29) is 5.95 Å². The molecule has 0 saturated heterocycles. The van der Waals surface area contributed by atoms with Gasteiger partial charge in [0.1, 0.15) is 11.6 Å². The van der Waals surface area contributed by atoms with Gasteiger partial charge in [-0.2, -0.15) is 15.1 Å². The van der Waals surface area contributed by atoms with Crippen molar-refractivity contribution in [3.8, 4) is 0 Å². The van der Waals surface area contributed by atoms with E-state index in [0.717, 1.165) is 17.8 Å². The van der Waals surface area contributed by atoms with Crippen LogP contribution in [0.3, 0.4) is 0 Å². The first-order valence-electron chi connectivity index (χ1n) is 5.53. The van der Waals surface area contributed by atoms with Gasteiger partial charge in [0.15, 0.2) is 0 Å². The number of hydrogen-bond acceptors (Lipinski definition) is 7. The molecule has 0 spiro atoms. The van der Waals surface area contributed by atoms with E-state index in [1.54, 1.807) is 10.7 Å². The molecule has 0 aromatic carbocycles. The molecule has 0 bridgehead atoms. The highest BCUT2D eigenvalue weighted by molar-refractivity contribution is 5.61. The van der Waals surface area contributed by atoms with Crippen molar-refractivity contribution in [3.63, 3.8) is 0 Å². The summed E-state index contributed by atoms with van der Waals surface area (Å²) in [5, 5.41) is 7.48. The lowest BCUT2D eigenvalue weighted by Crippen LogP contribution is -2.11. The van der Waals surface area contributed by atoms with E-state index in [0.29, 0.717) is 11.6 Å². The van der Waals surface area contributed by atoms with Crippen molar-refractivity contribution < 1.29 is 0 Å². The summed E-state index contributed by atoms with van der Waals surface area (Å²) in [6.07, 6.45) is 2.71. The molecule has 0 fully saturated rings. The molecule has 18 heavy (non-hydrogen) atoms. The van der Waals surface area contributed by atoms with Crippen molar-refractivity contribution in [1.82, 2.24) is 19.7 Å². The number of hydrazine groups is 1. The van der Waals surface area contributed by atoms with Crippen LogP contribution in [0.15, 0.2) is 12.3 Å². The fourth-order valence-corrected chi connectivity index (χ4v) is 1.64. The number of nitrogens with one attached hydrogen (secondary N) is 2. The minimum Gasteiger partial charge on any atom is -0.368 e. The molecule has 8 heteroatoms. The molecule has 2 rings (SSSR count). The third kappa shape index (κ3) is 2.48. The van der Waals surface area contributed by atoms with Gasteiger partial charge in [-0.15, -0.1) is 0 Å². The molecule has 0 atom stereocenters. The lowest BCUT2D eigenvalue weighted by molar-refractivity contribution is 0.746. The average Bonchev–Trinajstić information content (AvgIpc) is 2.68. The molecule has 0 amide bonds. The number of aryl methyl sites for hydroxylation is 2. The first kappa shape index (κ1) is 12.1. The minimum absolute atomic E-state index is 0.148. The fourth-order valence-electron chi connectivity index (χ4n) is 1.64. The third-order valence-electron chi connectivity index (χ3n) is 2.39. The second-order valence-electron chi connectivity index (χ2n) is 3.78. The van der Waals surface area contributed by atoms with Gasteiger partial charge in [-0.3, -0.25) is 4.68 Å². The predicted octanol–water partition coefficient (Wildman–Crippen LogP) is 0.384. The van der Waals surface area contributed by atoms with Gasteiger partial charge < -0.3 is 16.5 Å². The predicted molar refractivity (Wildman–Crippen MR) is 70.1 cm³/mol. The van der Waals surface area contributed by atoms with E-state index < -0.39 is 0 Å². The normalized spacial score (nSPS) is 10.4. The molecule has 8 nitrogen and oxygen atoms in total. The summed E-state index contributed by atoms with van der Waals surface area (Å²) in [6.45, 7) is 2.04. The van der Waals surface area contributed by atoms with Crippen LogP contribution in [0.1, 0.15) is 12.6 Å². The molecule has 6 N–H and O–H groups in total. The summed E-state index contributed by atoms with van der Waals surface area (Å²) in [7, 11) is 1.87. The minimum atomic E-state index is 0.148. The van der Waals surface area contributed by atoms with Gasteiger partial charge in [0, 0.05) is 19.3 Å². The van der Waals surface area contributed by atoms with Crippen molar-refractivity contribution in [3.05, 3.63) is 18.0 Å². The summed E-state index contributed by atoms with van der Waals surface area (Å²) in [4.78, 5) is 8.00. The lowest BCUT2D eigenvalue weighted by Gasteiger charge is -2.07. The topological polar surface area (TPSA) is 120 Å². The van der Waals surface area contributed by atoms with Crippen LogP contribution in [-0.4, -0.2) is 19.7 Å². The van der Waals surface area contributed by atoms with Gasteiger partial charge in [0.25, 0.3) is 0 Å². The number of hydrogen-bond donors (Lipinski definition) is 4. The van der Waals surface area contributed by atoms with Crippen LogP contribution >= 0.6 is 0 Å². The third-order valence-corrected chi connectivity index (χ3v) is 2.39. The highest BCUT2D eigenvalue weighted by Crippen LogP contribution is 2.20. The highest BCUT2D eigenvalue weighted by Gasteiger charge is 2.08. The first-order valence-corrected chi connectivity index (χ1v) is 5.53. The van der Waals surface area contributed by atoms with Crippen molar-refractivity contribution in [2.75, 3.05) is 16.5 Å². The number of nitrogens with two attached hydrogens (primary N) is 2. The largest absolute Gasteiger partial charge is 0.368 e. The number of nitrogens with zero attached hydrogens (tertiary/aromatic N) is 4. The number of aromatic nitrogens is 4. The zero-order chi connectivity index (χ0) is 13.1. The Bertz CT molecular complexity index is 547. The zero-order valence-electron chi connectivity index (χ0n) is 10.3. The number of nitrogen functional groups attached to an aromatic ring is 2. The molecule has 96 valence electrons. The second-order valence-corrected chi connectivity index (χ2v) is 3.78. The molecule has 0 unspecified atom stereocenters. The maximum Gasteiger partial charge on any atom is 0.223 e. The highest BCUT2D eigenvalue weighted by atomic mass is 15.3. The molecule has 2 heterocycles. The molecular weight excluding hydrogens is 232 g/mol. The van der Waals surface area contributed by atoms with Gasteiger partial charge in [-0.25, -0.2) is 5.84 Å². The summed E-state index contributed by atoms with van der Waals surface area (Å²) in [5.41, 5.74) is 9.87. The SMILES string of the molecule is CCc1nn(C)cc1Nc1cc(NN)nc(N)n1. The lowest BCUT2D eigenvalue weighted by atomic mass is 10.3. The Balaban J connectivity index is 2.30. The molecule has 0 aliphatic heterocycles. The quantitative estimate of drug-likeness (QED) is 0.456.